The number of primary amides is 1. The summed E-state index contributed by atoms with van der Waals surface area (Å²) in [5.74, 6) is 0.0630. The molecule has 1 aliphatic heterocycles. The fraction of sp³-hybridized carbons (Fsp3) is 0.316. The van der Waals surface area contributed by atoms with Crippen molar-refractivity contribution < 1.29 is 14.3 Å². The standard InChI is InChI=1S/C19H21N3O3/c1-13-7-8-16(11-21-13)25-12-14-4-2-5-15(10-14)19(24)22-9-3-6-17(22)18(20)23/h2,4-5,7-8,10-11,17H,3,6,9,12H2,1H3,(H2,20,23). The van der Waals surface area contributed by atoms with Crippen molar-refractivity contribution in [3.05, 3.63) is 59.4 Å². The molecule has 1 saturated heterocycles. The van der Waals surface area contributed by atoms with E-state index >= 15 is 0 Å². The summed E-state index contributed by atoms with van der Waals surface area (Å²) in [5.41, 5.74) is 7.74. The molecule has 0 radical (unpaired) electrons. The van der Waals surface area contributed by atoms with Crippen molar-refractivity contribution in [2.45, 2.75) is 32.4 Å². The third kappa shape index (κ3) is 3.96. The molecule has 1 fully saturated rings. The highest BCUT2D eigenvalue weighted by Crippen LogP contribution is 2.21. The van der Waals surface area contributed by atoms with E-state index < -0.39 is 11.9 Å². The van der Waals surface area contributed by atoms with Crippen LogP contribution in [0.25, 0.3) is 0 Å². The van der Waals surface area contributed by atoms with Crippen molar-refractivity contribution in [1.29, 1.82) is 0 Å². The van der Waals surface area contributed by atoms with E-state index in [-0.39, 0.29) is 5.91 Å². The summed E-state index contributed by atoms with van der Waals surface area (Å²) in [6, 6.07) is 10.5. The Morgan fingerprint density at radius 2 is 2.16 bits per heavy atom. The van der Waals surface area contributed by atoms with E-state index in [1.165, 1.54) is 0 Å². The first kappa shape index (κ1) is 17.0. The van der Waals surface area contributed by atoms with Crippen molar-refractivity contribution in [2.24, 2.45) is 5.73 Å². The lowest BCUT2D eigenvalue weighted by atomic mass is 10.1. The molecule has 130 valence electrons. The number of aromatic nitrogens is 1. The van der Waals surface area contributed by atoms with Crippen LogP contribution in [-0.2, 0) is 11.4 Å². The molecule has 0 spiro atoms. The zero-order chi connectivity index (χ0) is 17.8. The summed E-state index contributed by atoms with van der Waals surface area (Å²) in [4.78, 5) is 29.9. The van der Waals surface area contributed by atoms with Gasteiger partial charge in [-0.1, -0.05) is 12.1 Å². The zero-order valence-electron chi connectivity index (χ0n) is 14.1. The minimum absolute atomic E-state index is 0.167. The lowest BCUT2D eigenvalue weighted by Gasteiger charge is -2.22. The van der Waals surface area contributed by atoms with E-state index in [0.717, 1.165) is 17.7 Å². The zero-order valence-corrected chi connectivity index (χ0v) is 14.1. The molecule has 25 heavy (non-hydrogen) atoms. The van der Waals surface area contributed by atoms with E-state index in [2.05, 4.69) is 4.98 Å². The second kappa shape index (κ2) is 7.34. The van der Waals surface area contributed by atoms with Crippen molar-refractivity contribution in [3.63, 3.8) is 0 Å². The van der Waals surface area contributed by atoms with Gasteiger partial charge in [0, 0.05) is 17.8 Å². The number of benzene rings is 1. The number of carbonyl (C=O) groups is 2. The highest BCUT2D eigenvalue weighted by Gasteiger charge is 2.33. The third-order valence-corrected chi connectivity index (χ3v) is 4.31. The second-order valence-electron chi connectivity index (χ2n) is 6.18. The molecule has 1 aliphatic rings. The van der Waals surface area contributed by atoms with Crippen molar-refractivity contribution in [2.75, 3.05) is 6.54 Å². The molecular formula is C19H21N3O3. The first-order valence-electron chi connectivity index (χ1n) is 8.29. The molecule has 2 heterocycles. The van der Waals surface area contributed by atoms with Crippen LogP contribution in [-0.4, -0.2) is 34.3 Å². The smallest absolute Gasteiger partial charge is 0.254 e. The van der Waals surface area contributed by atoms with Gasteiger partial charge in [-0.25, -0.2) is 0 Å². The van der Waals surface area contributed by atoms with E-state index in [9.17, 15) is 9.59 Å². The highest BCUT2D eigenvalue weighted by molar-refractivity contribution is 5.97. The third-order valence-electron chi connectivity index (χ3n) is 4.31. The van der Waals surface area contributed by atoms with Crippen LogP contribution in [0.1, 0.15) is 34.5 Å². The van der Waals surface area contributed by atoms with Gasteiger partial charge in [0.15, 0.2) is 0 Å². The molecule has 6 heteroatoms. The van der Waals surface area contributed by atoms with Gasteiger partial charge in [0.25, 0.3) is 5.91 Å². The summed E-state index contributed by atoms with van der Waals surface area (Å²) in [6.07, 6.45) is 3.10. The molecule has 2 amide bonds. The minimum Gasteiger partial charge on any atom is -0.487 e. The number of hydrogen-bond acceptors (Lipinski definition) is 4. The predicted molar refractivity (Wildman–Crippen MR) is 93.0 cm³/mol. The SMILES string of the molecule is Cc1ccc(OCc2cccc(C(=O)N3CCCC3C(N)=O)c2)cn1. The predicted octanol–water partition coefficient (Wildman–Crippen LogP) is 2.06. The second-order valence-corrected chi connectivity index (χ2v) is 6.18. The lowest BCUT2D eigenvalue weighted by molar-refractivity contribution is -0.121. The van der Waals surface area contributed by atoms with Gasteiger partial charge in [-0.3, -0.25) is 14.6 Å². The Kier molecular flexibility index (Phi) is 4.97. The molecule has 0 bridgehead atoms. The summed E-state index contributed by atoms with van der Waals surface area (Å²) in [5, 5.41) is 0. The Morgan fingerprint density at radius 3 is 2.88 bits per heavy atom. The highest BCUT2D eigenvalue weighted by atomic mass is 16.5. The van der Waals surface area contributed by atoms with E-state index in [1.54, 1.807) is 23.2 Å². The molecule has 6 nitrogen and oxygen atoms in total. The molecule has 1 aromatic carbocycles. The number of carbonyl (C=O) groups excluding carboxylic acids is 2. The Bertz CT molecular complexity index is 774. The average Bonchev–Trinajstić information content (AvgIpc) is 3.11. The summed E-state index contributed by atoms with van der Waals surface area (Å²) in [7, 11) is 0. The first-order chi connectivity index (χ1) is 12.0. The van der Waals surface area contributed by atoms with Crippen molar-refractivity contribution in [1.82, 2.24) is 9.88 Å². The van der Waals surface area contributed by atoms with Crippen LogP contribution in [0.15, 0.2) is 42.6 Å². The van der Waals surface area contributed by atoms with Crippen molar-refractivity contribution >= 4 is 11.8 Å². The average molecular weight is 339 g/mol. The molecular weight excluding hydrogens is 318 g/mol. The number of hydrogen-bond donors (Lipinski definition) is 1. The molecule has 1 atom stereocenters. The maximum Gasteiger partial charge on any atom is 0.254 e. The number of aryl methyl sites for hydroxylation is 1. The molecule has 0 saturated carbocycles. The number of rotatable bonds is 5. The number of likely N-dealkylation sites (tertiary alicyclic amines) is 1. The van der Waals surface area contributed by atoms with Crippen LogP contribution in [0, 0.1) is 6.92 Å². The van der Waals surface area contributed by atoms with Gasteiger partial charge in [0.1, 0.15) is 18.4 Å². The Hall–Kier alpha value is -2.89. The van der Waals surface area contributed by atoms with Crippen LogP contribution in [0.3, 0.4) is 0 Å². The maximum absolute atomic E-state index is 12.7. The Labute approximate surface area is 146 Å². The normalized spacial score (nSPS) is 16.7. The first-order valence-corrected chi connectivity index (χ1v) is 8.29. The van der Waals surface area contributed by atoms with Gasteiger partial charge in [0.05, 0.1) is 6.20 Å². The lowest BCUT2D eigenvalue weighted by Crippen LogP contribution is -2.43. The summed E-state index contributed by atoms with van der Waals surface area (Å²) in [6.45, 7) is 2.81. The van der Waals surface area contributed by atoms with Gasteiger partial charge in [-0.2, -0.15) is 0 Å². The minimum atomic E-state index is -0.508. The molecule has 2 aromatic rings. The molecule has 0 aliphatic carbocycles. The van der Waals surface area contributed by atoms with Gasteiger partial charge >= 0.3 is 0 Å². The summed E-state index contributed by atoms with van der Waals surface area (Å²) >= 11 is 0. The maximum atomic E-state index is 12.7. The fourth-order valence-electron chi connectivity index (χ4n) is 2.97. The molecule has 3 rings (SSSR count). The largest absolute Gasteiger partial charge is 0.487 e. The Morgan fingerprint density at radius 1 is 1.32 bits per heavy atom. The van der Waals surface area contributed by atoms with Crippen LogP contribution in [0.4, 0.5) is 0 Å². The number of nitrogens with two attached hydrogens (primary N) is 1. The van der Waals surface area contributed by atoms with Crippen LogP contribution >= 0.6 is 0 Å². The molecule has 1 unspecified atom stereocenters. The number of pyridine rings is 1. The van der Waals surface area contributed by atoms with E-state index in [0.29, 0.717) is 30.9 Å². The van der Waals surface area contributed by atoms with Crippen LogP contribution in [0.2, 0.25) is 0 Å². The number of amides is 2. The van der Waals surface area contributed by atoms with E-state index in [1.807, 2.05) is 31.2 Å². The van der Waals surface area contributed by atoms with Gasteiger partial charge in [-0.05, 0) is 49.6 Å². The Balaban J connectivity index is 1.69. The molecule has 2 N–H and O–H groups in total. The number of nitrogens with zero attached hydrogens (tertiary/aromatic N) is 2. The van der Waals surface area contributed by atoms with E-state index in [4.69, 9.17) is 10.5 Å². The van der Waals surface area contributed by atoms with Crippen molar-refractivity contribution in [3.8, 4) is 5.75 Å². The van der Waals surface area contributed by atoms with Crippen LogP contribution < -0.4 is 10.5 Å². The molecule has 1 aromatic heterocycles. The topological polar surface area (TPSA) is 85.5 Å². The quantitative estimate of drug-likeness (QED) is 0.903. The number of ether oxygens (including phenoxy) is 1. The fourth-order valence-corrected chi connectivity index (χ4v) is 2.97. The monoisotopic (exact) mass is 339 g/mol. The van der Waals surface area contributed by atoms with Crippen LogP contribution in [0.5, 0.6) is 5.75 Å². The summed E-state index contributed by atoms with van der Waals surface area (Å²) < 4.78 is 5.71. The van der Waals surface area contributed by atoms with Gasteiger partial charge < -0.3 is 15.4 Å². The van der Waals surface area contributed by atoms with Gasteiger partial charge in [0.2, 0.25) is 5.91 Å². The van der Waals surface area contributed by atoms with Gasteiger partial charge in [-0.15, -0.1) is 0 Å².